The molecule has 2 rings (SSSR count). The van der Waals surface area contributed by atoms with Crippen LogP contribution in [0.5, 0.6) is 0 Å². The summed E-state index contributed by atoms with van der Waals surface area (Å²) in [4.78, 5) is 25.9. The highest BCUT2D eigenvalue weighted by molar-refractivity contribution is 5.70. The molecule has 0 saturated carbocycles. The number of carbonyl (C=O) groups excluding carboxylic acids is 2. The first-order valence-corrected chi connectivity index (χ1v) is 29.6. The van der Waals surface area contributed by atoms with Crippen LogP contribution in [0.15, 0.2) is 0 Å². The van der Waals surface area contributed by atoms with Gasteiger partial charge in [0.1, 0.15) is 55.4 Å². The lowest BCUT2D eigenvalue weighted by atomic mass is 9.98. The lowest BCUT2D eigenvalue weighted by molar-refractivity contribution is -0.332. The quantitative estimate of drug-likeness (QED) is 0.0222. The van der Waals surface area contributed by atoms with Crippen LogP contribution in [-0.4, -0.2) is 142 Å². The van der Waals surface area contributed by atoms with Crippen LogP contribution < -0.4 is 0 Å². The van der Waals surface area contributed by atoms with E-state index in [9.17, 15) is 45.3 Å². The minimum Gasteiger partial charge on any atom is -0.462 e. The zero-order valence-electron chi connectivity index (χ0n) is 45.4. The maximum atomic E-state index is 13.0. The van der Waals surface area contributed by atoms with E-state index in [1.807, 2.05) is 0 Å². The molecule has 0 radical (unpaired) electrons. The van der Waals surface area contributed by atoms with Crippen LogP contribution in [0.1, 0.15) is 258 Å². The highest BCUT2D eigenvalue weighted by Crippen LogP contribution is 2.27. The molecule has 15 nitrogen and oxygen atoms in total. The van der Waals surface area contributed by atoms with Crippen LogP contribution in [-0.2, 0) is 38.0 Å². The van der Waals surface area contributed by atoms with E-state index in [1.165, 1.54) is 180 Å². The molecular weight excluding hydrogens is 925 g/mol. The summed E-state index contributed by atoms with van der Waals surface area (Å²) < 4.78 is 33.7. The molecule has 2 saturated heterocycles. The summed E-state index contributed by atoms with van der Waals surface area (Å²) in [7, 11) is 0. The van der Waals surface area contributed by atoms with E-state index >= 15 is 0 Å². The molecule has 0 bridgehead atoms. The third kappa shape index (κ3) is 31.5. The predicted molar refractivity (Wildman–Crippen MR) is 280 cm³/mol. The van der Waals surface area contributed by atoms with E-state index < -0.39 is 92.7 Å². The second-order valence-corrected chi connectivity index (χ2v) is 21.2. The largest absolute Gasteiger partial charge is 0.462 e. The number of hydrogen-bond donors (Lipinski definition) is 7. The van der Waals surface area contributed by atoms with Crippen LogP contribution >= 0.6 is 0 Å². The monoisotopic (exact) mass is 1030 g/mol. The van der Waals surface area contributed by atoms with Gasteiger partial charge in [0.05, 0.1) is 19.8 Å². The molecule has 7 N–H and O–H groups in total. The fourth-order valence-electron chi connectivity index (χ4n) is 9.75. The molecule has 2 aliphatic heterocycles. The topological polar surface area (TPSA) is 231 Å². The fourth-order valence-corrected chi connectivity index (χ4v) is 9.75. The normalized spacial score (nSPS) is 24.9. The number of esters is 2. The molecule has 0 aliphatic carbocycles. The van der Waals surface area contributed by atoms with Crippen molar-refractivity contribution in [1.29, 1.82) is 0 Å². The van der Waals surface area contributed by atoms with E-state index in [0.29, 0.717) is 12.8 Å². The summed E-state index contributed by atoms with van der Waals surface area (Å²) in [6.45, 7) is 2.66. The van der Waals surface area contributed by atoms with Gasteiger partial charge in [-0.1, -0.05) is 232 Å². The summed E-state index contributed by atoms with van der Waals surface area (Å²) in [5.41, 5.74) is 0. The molecule has 2 aliphatic rings. The van der Waals surface area contributed by atoms with Crippen LogP contribution in [0.4, 0.5) is 0 Å². The van der Waals surface area contributed by atoms with E-state index in [4.69, 9.17) is 28.4 Å². The van der Waals surface area contributed by atoms with E-state index in [-0.39, 0.29) is 26.1 Å². The van der Waals surface area contributed by atoms with Crippen molar-refractivity contribution in [2.24, 2.45) is 0 Å². The Hall–Kier alpha value is -1.50. The van der Waals surface area contributed by atoms with Crippen LogP contribution in [0.3, 0.4) is 0 Å². The Labute approximate surface area is 436 Å². The second-order valence-electron chi connectivity index (χ2n) is 21.2. The summed E-state index contributed by atoms with van der Waals surface area (Å²) in [5.74, 6) is -0.903. The van der Waals surface area contributed by atoms with Crippen molar-refractivity contribution in [2.75, 3.05) is 26.4 Å². The molecule has 0 aromatic rings. The van der Waals surface area contributed by atoms with Gasteiger partial charge < -0.3 is 64.2 Å². The Morgan fingerprint density at radius 3 is 1.08 bits per heavy atom. The van der Waals surface area contributed by atoms with Crippen molar-refractivity contribution in [1.82, 2.24) is 0 Å². The summed E-state index contributed by atoms with van der Waals surface area (Å²) in [5, 5.41) is 72.3. The van der Waals surface area contributed by atoms with Gasteiger partial charge in [-0.2, -0.15) is 0 Å². The summed E-state index contributed by atoms with van der Waals surface area (Å²) >= 11 is 0. The van der Waals surface area contributed by atoms with E-state index in [1.54, 1.807) is 0 Å². The summed E-state index contributed by atoms with van der Waals surface area (Å²) in [6.07, 6.45) is 28.4. The first kappa shape index (κ1) is 66.6. The molecule has 0 aromatic carbocycles. The Balaban J connectivity index is 1.72. The van der Waals surface area contributed by atoms with Crippen molar-refractivity contribution in [2.45, 2.75) is 325 Å². The first-order chi connectivity index (χ1) is 35.0. The highest BCUT2D eigenvalue weighted by atomic mass is 16.7. The van der Waals surface area contributed by atoms with Crippen LogP contribution in [0.2, 0.25) is 0 Å². The average Bonchev–Trinajstić information content (AvgIpc) is 3.37. The highest BCUT2D eigenvalue weighted by Gasteiger charge is 2.47. The van der Waals surface area contributed by atoms with Gasteiger partial charge in [0.15, 0.2) is 18.7 Å². The zero-order valence-corrected chi connectivity index (χ0v) is 45.4. The van der Waals surface area contributed by atoms with E-state index in [0.717, 1.165) is 38.5 Å². The molecule has 4 unspecified atom stereocenters. The van der Waals surface area contributed by atoms with Crippen molar-refractivity contribution in [3.8, 4) is 0 Å². The Kier molecular flexibility index (Phi) is 41.3. The number of carbonyl (C=O) groups is 2. The maximum Gasteiger partial charge on any atom is 0.306 e. The molecule has 2 fully saturated rings. The van der Waals surface area contributed by atoms with Crippen molar-refractivity contribution < 1.29 is 73.8 Å². The number of aliphatic hydroxyl groups excluding tert-OH is 7. The molecule has 426 valence electrons. The number of aliphatic hydroxyl groups is 7. The van der Waals surface area contributed by atoms with Crippen LogP contribution in [0, 0.1) is 0 Å². The molecular formula is C57H108O15. The van der Waals surface area contributed by atoms with Gasteiger partial charge in [0.2, 0.25) is 0 Å². The number of rotatable bonds is 48. The molecule has 0 aromatic heterocycles. The smallest absolute Gasteiger partial charge is 0.306 e. The van der Waals surface area contributed by atoms with Gasteiger partial charge in [-0.25, -0.2) is 0 Å². The molecule has 72 heavy (non-hydrogen) atoms. The summed E-state index contributed by atoms with van der Waals surface area (Å²) in [6, 6.07) is 0. The predicted octanol–water partition coefficient (Wildman–Crippen LogP) is 9.95. The molecule has 0 amide bonds. The van der Waals surface area contributed by atoms with Gasteiger partial charge in [-0.15, -0.1) is 0 Å². The third-order valence-electron chi connectivity index (χ3n) is 14.6. The Morgan fingerprint density at radius 1 is 0.389 bits per heavy atom. The standard InChI is InChI=1S/C57H108O15/c1-3-5-7-9-11-13-15-17-19-20-21-22-23-24-26-27-29-31-33-35-37-39-48(59)67-42-45(70-49(60)40-38-36-34-32-30-28-25-18-16-14-12-10-8-6-4-2)43-68-56-55(66)53(64)51(62)47(72-56)44-69-57-54(65)52(63)50(61)46(41-58)71-57/h45-47,50-58,61-66H,3-44H2,1-2H3/t45-,46+,47+,50-,51-,52?,53?,54?,55?,56+,57+/m0/s1. The fraction of sp³-hybridized carbons (Fsp3) is 0.965. The van der Waals surface area contributed by atoms with Gasteiger partial charge in [-0.05, 0) is 12.8 Å². The molecule has 15 heteroatoms. The number of ether oxygens (including phenoxy) is 6. The molecule has 11 atom stereocenters. The second kappa shape index (κ2) is 44.6. The first-order valence-electron chi connectivity index (χ1n) is 29.6. The van der Waals surface area contributed by atoms with Gasteiger partial charge in [0, 0.05) is 12.8 Å². The lowest BCUT2D eigenvalue weighted by Crippen LogP contribution is -2.61. The van der Waals surface area contributed by atoms with Gasteiger partial charge in [0.25, 0.3) is 0 Å². The van der Waals surface area contributed by atoms with Crippen molar-refractivity contribution in [3.05, 3.63) is 0 Å². The zero-order chi connectivity index (χ0) is 52.4. The Bertz CT molecular complexity index is 1260. The molecule has 2 heterocycles. The minimum absolute atomic E-state index is 0.174. The van der Waals surface area contributed by atoms with Crippen molar-refractivity contribution in [3.63, 3.8) is 0 Å². The van der Waals surface area contributed by atoms with Gasteiger partial charge >= 0.3 is 11.9 Å². The average molecular weight is 1030 g/mol. The lowest BCUT2D eigenvalue weighted by Gasteiger charge is -2.42. The maximum absolute atomic E-state index is 13.0. The minimum atomic E-state index is -1.76. The molecule has 0 spiro atoms. The van der Waals surface area contributed by atoms with Crippen LogP contribution in [0.25, 0.3) is 0 Å². The van der Waals surface area contributed by atoms with Crippen molar-refractivity contribution >= 4 is 11.9 Å². The Morgan fingerprint density at radius 2 is 0.708 bits per heavy atom. The van der Waals surface area contributed by atoms with Gasteiger partial charge in [-0.3, -0.25) is 9.59 Å². The van der Waals surface area contributed by atoms with E-state index in [2.05, 4.69) is 13.8 Å². The number of unbranched alkanes of at least 4 members (excludes halogenated alkanes) is 34. The third-order valence-corrected chi connectivity index (χ3v) is 14.6. The SMILES string of the molecule is CCCCCCCCCCCCCCCCCCCCCCCC(=O)OC[C@@H](CO[C@@H]1O[C@H](CO[C@@H]2O[C@H](CO)[C@H](O)C(O)C2O)[C@H](O)C(O)C1O)OC(=O)CCCCCCCCCCCCCCCCC. The number of hydrogen-bond acceptors (Lipinski definition) is 15.